The smallest absolute Gasteiger partial charge is 0.326 e. The number of rotatable bonds is 6. The third-order valence-electron chi connectivity index (χ3n) is 6.12. The Bertz CT molecular complexity index is 1400. The van der Waals surface area contributed by atoms with Crippen LogP contribution in [0.2, 0.25) is 0 Å². The second-order valence-electron chi connectivity index (χ2n) is 8.58. The van der Waals surface area contributed by atoms with Gasteiger partial charge >= 0.3 is 6.01 Å². The highest BCUT2D eigenvalue weighted by Crippen LogP contribution is 2.39. The average Bonchev–Trinajstić information content (AvgIpc) is 3.13. The Hall–Kier alpha value is -3.79. The average molecular weight is 463 g/mol. The van der Waals surface area contributed by atoms with Crippen molar-refractivity contribution in [2.45, 2.75) is 33.7 Å². The molecular formula is C24H27FN8O. The van der Waals surface area contributed by atoms with Crippen LogP contribution in [0.25, 0.3) is 21.9 Å². The SMILES string of the molecule is CCNc1cc(F)cc2c1[nH]c1nc(Oc3cnc(C)nc3)nc(N3CC(=C(C)[C@@H](C)N)C3)c12. The molecule has 9 nitrogen and oxygen atoms in total. The molecule has 1 atom stereocenters. The summed E-state index contributed by atoms with van der Waals surface area (Å²) >= 11 is 0. The number of fused-ring (bicyclic) bond motifs is 3. The van der Waals surface area contributed by atoms with Crippen LogP contribution in [0, 0.1) is 12.7 Å². The highest BCUT2D eigenvalue weighted by atomic mass is 19.1. The number of ether oxygens (including phenoxy) is 1. The van der Waals surface area contributed by atoms with Gasteiger partial charge in [-0.1, -0.05) is 5.57 Å². The van der Waals surface area contributed by atoms with Crippen molar-refractivity contribution in [1.82, 2.24) is 24.9 Å². The number of nitrogens with two attached hydrogens (primary N) is 1. The van der Waals surface area contributed by atoms with E-state index in [4.69, 9.17) is 15.5 Å². The Balaban J connectivity index is 1.66. The molecule has 0 saturated carbocycles. The molecule has 1 fully saturated rings. The van der Waals surface area contributed by atoms with E-state index in [0.717, 1.165) is 10.9 Å². The molecule has 4 N–H and O–H groups in total. The second-order valence-corrected chi connectivity index (χ2v) is 8.58. The minimum atomic E-state index is -0.329. The number of nitrogens with one attached hydrogen (secondary N) is 2. The minimum Gasteiger partial charge on any atom is -0.421 e. The molecule has 4 aromatic rings. The van der Waals surface area contributed by atoms with Crippen LogP contribution in [-0.4, -0.2) is 50.6 Å². The van der Waals surface area contributed by atoms with Crippen molar-refractivity contribution in [1.29, 1.82) is 0 Å². The summed E-state index contributed by atoms with van der Waals surface area (Å²) < 4.78 is 20.4. The number of nitrogens with zero attached hydrogens (tertiary/aromatic N) is 5. The quantitative estimate of drug-likeness (QED) is 0.367. The number of halogens is 1. The molecule has 34 heavy (non-hydrogen) atoms. The predicted octanol–water partition coefficient (Wildman–Crippen LogP) is 4.06. The lowest BCUT2D eigenvalue weighted by Gasteiger charge is -2.37. The fourth-order valence-electron chi connectivity index (χ4n) is 4.10. The zero-order chi connectivity index (χ0) is 24.0. The van der Waals surface area contributed by atoms with Crippen LogP contribution in [0.15, 0.2) is 35.7 Å². The zero-order valence-electron chi connectivity index (χ0n) is 19.6. The van der Waals surface area contributed by atoms with E-state index in [1.54, 1.807) is 19.3 Å². The molecule has 0 aliphatic carbocycles. The van der Waals surface area contributed by atoms with Crippen LogP contribution >= 0.6 is 0 Å². The van der Waals surface area contributed by atoms with E-state index in [0.29, 0.717) is 53.7 Å². The van der Waals surface area contributed by atoms with Gasteiger partial charge in [0.05, 0.1) is 29.0 Å². The van der Waals surface area contributed by atoms with Gasteiger partial charge in [-0.2, -0.15) is 9.97 Å². The third kappa shape index (κ3) is 3.90. The topological polar surface area (TPSA) is 118 Å². The monoisotopic (exact) mass is 462 g/mol. The van der Waals surface area contributed by atoms with E-state index in [-0.39, 0.29) is 17.9 Å². The molecule has 0 spiro atoms. The Morgan fingerprint density at radius 1 is 1.26 bits per heavy atom. The number of hydrogen-bond acceptors (Lipinski definition) is 8. The van der Waals surface area contributed by atoms with Crippen molar-refractivity contribution in [2.24, 2.45) is 5.73 Å². The van der Waals surface area contributed by atoms with Crippen molar-refractivity contribution in [3.63, 3.8) is 0 Å². The molecule has 0 radical (unpaired) electrons. The van der Waals surface area contributed by atoms with E-state index in [9.17, 15) is 4.39 Å². The van der Waals surface area contributed by atoms with Crippen LogP contribution in [0.5, 0.6) is 11.8 Å². The van der Waals surface area contributed by atoms with Crippen LogP contribution in [0.1, 0.15) is 26.6 Å². The van der Waals surface area contributed by atoms with Crippen molar-refractivity contribution in [3.05, 3.63) is 47.3 Å². The number of aromatic amines is 1. The first-order valence-electron chi connectivity index (χ1n) is 11.3. The van der Waals surface area contributed by atoms with Gasteiger partial charge in [0.1, 0.15) is 23.1 Å². The standard InChI is InChI=1S/C24H27FN8O/c1-5-27-19-7-16(25)6-18-20-22(30-21(18)19)31-24(34-17-8-28-14(4)29-9-17)32-23(20)33-10-15(11-33)12(2)13(3)26/h6-9,13,27H,5,10-11,26H2,1-4H3,(H,30,31,32)/t13-/m1/s1. The second kappa shape index (κ2) is 8.53. The highest BCUT2D eigenvalue weighted by Gasteiger charge is 2.29. The molecule has 3 aromatic heterocycles. The summed E-state index contributed by atoms with van der Waals surface area (Å²) in [6.45, 7) is 9.84. The van der Waals surface area contributed by atoms with E-state index in [2.05, 4.69) is 37.1 Å². The van der Waals surface area contributed by atoms with Gasteiger partial charge in [0.25, 0.3) is 0 Å². The molecule has 0 amide bonds. The molecule has 0 bridgehead atoms. The van der Waals surface area contributed by atoms with Gasteiger partial charge in [0, 0.05) is 31.1 Å². The molecule has 1 aromatic carbocycles. The van der Waals surface area contributed by atoms with E-state index in [1.807, 2.05) is 13.8 Å². The maximum absolute atomic E-state index is 14.5. The number of hydrogen-bond donors (Lipinski definition) is 3. The zero-order valence-corrected chi connectivity index (χ0v) is 19.6. The normalized spacial score (nSPS) is 14.4. The van der Waals surface area contributed by atoms with Crippen molar-refractivity contribution in [3.8, 4) is 11.8 Å². The fraction of sp³-hybridized carbons (Fsp3) is 0.333. The number of aryl methyl sites for hydroxylation is 1. The summed E-state index contributed by atoms with van der Waals surface area (Å²) in [4.78, 5) is 23.1. The molecule has 1 aliphatic rings. The molecule has 0 unspecified atom stereocenters. The van der Waals surface area contributed by atoms with Gasteiger partial charge in [-0.25, -0.2) is 14.4 Å². The van der Waals surface area contributed by atoms with Crippen LogP contribution in [0.4, 0.5) is 15.9 Å². The maximum Gasteiger partial charge on any atom is 0.326 e. The molecule has 4 heterocycles. The van der Waals surface area contributed by atoms with E-state index in [1.165, 1.54) is 23.3 Å². The summed E-state index contributed by atoms with van der Waals surface area (Å²) in [6, 6.07) is 3.15. The fourth-order valence-corrected chi connectivity index (χ4v) is 4.10. The molecule has 1 aliphatic heterocycles. The van der Waals surface area contributed by atoms with Crippen molar-refractivity contribution in [2.75, 3.05) is 29.9 Å². The Morgan fingerprint density at radius 3 is 2.68 bits per heavy atom. The Morgan fingerprint density at radius 2 is 2.00 bits per heavy atom. The van der Waals surface area contributed by atoms with Gasteiger partial charge in [-0.3, -0.25) is 0 Å². The van der Waals surface area contributed by atoms with E-state index >= 15 is 0 Å². The Labute approximate surface area is 196 Å². The maximum atomic E-state index is 14.5. The van der Waals surface area contributed by atoms with Crippen molar-refractivity contribution < 1.29 is 9.13 Å². The lowest BCUT2D eigenvalue weighted by Crippen LogP contribution is -2.43. The largest absolute Gasteiger partial charge is 0.421 e. The van der Waals surface area contributed by atoms with Gasteiger partial charge < -0.3 is 25.7 Å². The van der Waals surface area contributed by atoms with Crippen LogP contribution in [-0.2, 0) is 0 Å². The van der Waals surface area contributed by atoms with Gasteiger partial charge in [0.15, 0.2) is 5.75 Å². The molecule has 1 saturated heterocycles. The molecule has 10 heteroatoms. The first-order chi connectivity index (χ1) is 16.3. The van der Waals surface area contributed by atoms with Gasteiger partial charge in [0.2, 0.25) is 0 Å². The first kappa shape index (κ1) is 22.0. The first-order valence-corrected chi connectivity index (χ1v) is 11.3. The molecule has 5 rings (SSSR count). The molecule has 176 valence electrons. The number of benzene rings is 1. The predicted molar refractivity (Wildman–Crippen MR) is 131 cm³/mol. The Kier molecular flexibility index (Phi) is 5.52. The van der Waals surface area contributed by atoms with E-state index < -0.39 is 0 Å². The summed E-state index contributed by atoms with van der Waals surface area (Å²) in [5.74, 6) is 1.42. The number of anilines is 2. The lowest BCUT2D eigenvalue weighted by molar-refractivity contribution is 0.438. The lowest BCUT2D eigenvalue weighted by atomic mass is 9.97. The summed E-state index contributed by atoms with van der Waals surface area (Å²) in [5, 5.41) is 4.69. The summed E-state index contributed by atoms with van der Waals surface area (Å²) in [7, 11) is 0. The number of H-pyrrole nitrogens is 1. The highest BCUT2D eigenvalue weighted by molar-refractivity contribution is 6.14. The van der Waals surface area contributed by atoms with Crippen LogP contribution < -0.4 is 20.7 Å². The van der Waals surface area contributed by atoms with Gasteiger partial charge in [-0.05, 0) is 45.4 Å². The third-order valence-corrected chi connectivity index (χ3v) is 6.12. The molecular weight excluding hydrogens is 435 g/mol. The van der Waals surface area contributed by atoms with Gasteiger partial charge in [-0.15, -0.1) is 0 Å². The minimum absolute atomic E-state index is 0.00661. The number of aromatic nitrogens is 5. The summed E-state index contributed by atoms with van der Waals surface area (Å²) in [5.41, 5.74) is 10.5. The van der Waals surface area contributed by atoms with Crippen molar-refractivity contribution >= 4 is 33.4 Å². The van der Waals surface area contributed by atoms with Crippen LogP contribution in [0.3, 0.4) is 0 Å². The summed E-state index contributed by atoms with van der Waals surface area (Å²) in [6.07, 6.45) is 3.16.